The zero-order valence-corrected chi connectivity index (χ0v) is 16.0. The van der Waals surface area contributed by atoms with Crippen LogP contribution in [0.5, 0.6) is 0 Å². The maximum Gasteiger partial charge on any atom is 0.259 e. The molecule has 0 spiro atoms. The minimum atomic E-state index is -0.0753. The van der Waals surface area contributed by atoms with Gasteiger partial charge < -0.3 is 9.88 Å². The number of piperidine rings is 1. The number of H-pyrrole nitrogens is 1. The molecule has 1 fully saturated rings. The first-order chi connectivity index (χ1) is 11.5. The van der Waals surface area contributed by atoms with Crippen molar-refractivity contribution in [2.45, 2.75) is 39.4 Å². The number of rotatable bonds is 4. The number of thiophene rings is 1. The second-order valence-electron chi connectivity index (χ2n) is 6.56. The summed E-state index contributed by atoms with van der Waals surface area (Å²) in [6.45, 7) is 7.90. The predicted octanol–water partition coefficient (Wildman–Crippen LogP) is 3.09. The summed E-state index contributed by atoms with van der Waals surface area (Å²) in [5.41, 5.74) is 0.936. The Kier molecular flexibility index (Phi) is 5.30. The minimum absolute atomic E-state index is 0.0753. The number of aromatic amines is 1. The number of carbonyl (C=O) groups is 1. The summed E-state index contributed by atoms with van der Waals surface area (Å²) in [5, 5.41) is 0.699. The molecule has 1 atom stereocenters. The Morgan fingerprint density at radius 3 is 3.00 bits per heavy atom. The molecular formula is C17H23N3O2S2. The molecule has 0 aromatic carbocycles. The second kappa shape index (κ2) is 7.27. The van der Waals surface area contributed by atoms with E-state index in [9.17, 15) is 9.59 Å². The van der Waals surface area contributed by atoms with Crippen LogP contribution in [-0.4, -0.2) is 39.6 Å². The third-order valence-electron chi connectivity index (χ3n) is 4.56. The average Bonchev–Trinajstić information content (AvgIpc) is 2.82. The van der Waals surface area contributed by atoms with Gasteiger partial charge in [0, 0.05) is 18.0 Å². The summed E-state index contributed by atoms with van der Waals surface area (Å²) in [7, 11) is 0. The van der Waals surface area contributed by atoms with Crippen LogP contribution >= 0.6 is 23.1 Å². The number of aromatic nitrogens is 2. The van der Waals surface area contributed by atoms with E-state index in [1.165, 1.54) is 18.2 Å². The van der Waals surface area contributed by atoms with Gasteiger partial charge in [-0.2, -0.15) is 0 Å². The van der Waals surface area contributed by atoms with Gasteiger partial charge in [-0.05, 0) is 38.2 Å². The molecule has 1 aliphatic rings. The number of likely N-dealkylation sites (tertiary alicyclic amines) is 1. The molecule has 130 valence electrons. The Labute approximate surface area is 149 Å². The molecule has 0 unspecified atom stereocenters. The monoisotopic (exact) mass is 365 g/mol. The van der Waals surface area contributed by atoms with Crippen molar-refractivity contribution in [2.75, 3.05) is 18.8 Å². The second-order valence-corrected chi connectivity index (χ2v) is 8.74. The van der Waals surface area contributed by atoms with Gasteiger partial charge in [0.1, 0.15) is 10.7 Å². The molecule has 1 saturated heterocycles. The first-order valence-electron chi connectivity index (χ1n) is 8.30. The van der Waals surface area contributed by atoms with Crippen molar-refractivity contribution in [1.82, 2.24) is 14.9 Å². The Hall–Kier alpha value is -1.34. The van der Waals surface area contributed by atoms with Crippen molar-refractivity contribution in [1.29, 1.82) is 0 Å². The number of nitrogens with one attached hydrogen (secondary N) is 1. The normalized spacial score (nSPS) is 18.3. The van der Waals surface area contributed by atoms with Gasteiger partial charge in [0.05, 0.1) is 16.9 Å². The van der Waals surface area contributed by atoms with Gasteiger partial charge in [0.2, 0.25) is 5.91 Å². The number of nitrogens with zero attached hydrogens (tertiary/aromatic N) is 2. The van der Waals surface area contributed by atoms with Crippen LogP contribution < -0.4 is 5.56 Å². The van der Waals surface area contributed by atoms with E-state index >= 15 is 0 Å². The molecular weight excluding hydrogens is 342 g/mol. The number of carbonyl (C=O) groups excluding carboxylic acids is 1. The first kappa shape index (κ1) is 17.5. The highest BCUT2D eigenvalue weighted by molar-refractivity contribution is 7.99. The molecule has 2 aromatic rings. The zero-order chi connectivity index (χ0) is 17.3. The van der Waals surface area contributed by atoms with E-state index < -0.39 is 0 Å². The molecule has 3 heterocycles. The molecule has 2 aromatic heterocycles. The molecule has 1 N–H and O–H groups in total. The largest absolute Gasteiger partial charge is 0.342 e. The highest BCUT2D eigenvalue weighted by atomic mass is 32.2. The topological polar surface area (TPSA) is 66.1 Å². The van der Waals surface area contributed by atoms with Crippen LogP contribution in [0.25, 0.3) is 10.2 Å². The fourth-order valence-corrected chi connectivity index (χ4v) is 4.95. The van der Waals surface area contributed by atoms with E-state index in [4.69, 9.17) is 0 Å². The molecule has 5 nitrogen and oxygen atoms in total. The van der Waals surface area contributed by atoms with Crippen LogP contribution in [0.15, 0.2) is 4.79 Å². The van der Waals surface area contributed by atoms with E-state index in [2.05, 4.69) is 16.9 Å². The molecule has 0 bridgehead atoms. The predicted molar refractivity (Wildman–Crippen MR) is 101 cm³/mol. The van der Waals surface area contributed by atoms with Crippen molar-refractivity contribution < 1.29 is 4.79 Å². The van der Waals surface area contributed by atoms with E-state index in [0.29, 0.717) is 28.6 Å². The van der Waals surface area contributed by atoms with Crippen LogP contribution in [0, 0.1) is 19.8 Å². The van der Waals surface area contributed by atoms with Crippen LogP contribution in [-0.2, 0) is 10.5 Å². The van der Waals surface area contributed by atoms with Crippen molar-refractivity contribution in [3.8, 4) is 0 Å². The summed E-state index contributed by atoms with van der Waals surface area (Å²) in [5.74, 6) is 2.43. The number of aryl methyl sites for hydroxylation is 2. The third-order valence-corrected chi connectivity index (χ3v) is 6.59. The van der Waals surface area contributed by atoms with Gasteiger partial charge in [0.15, 0.2) is 0 Å². The Morgan fingerprint density at radius 2 is 2.25 bits per heavy atom. The van der Waals surface area contributed by atoms with Crippen LogP contribution in [0.2, 0.25) is 0 Å². The number of hydrogen-bond acceptors (Lipinski definition) is 5. The fourth-order valence-electron chi connectivity index (χ4n) is 3.11. The Morgan fingerprint density at radius 1 is 1.46 bits per heavy atom. The van der Waals surface area contributed by atoms with Gasteiger partial charge in [-0.25, -0.2) is 4.98 Å². The number of amides is 1. The number of fused-ring (bicyclic) bond motifs is 1. The lowest BCUT2D eigenvalue weighted by Crippen LogP contribution is -2.40. The highest BCUT2D eigenvalue weighted by Crippen LogP contribution is 2.26. The van der Waals surface area contributed by atoms with Gasteiger partial charge in [-0.15, -0.1) is 23.1 Å². The van der Waals surface area contributed by atoms with E-state index in [1.807, 2.05) is 18.7 Å². The average molecular weight is 366 g/mol. The van der Waals surface area contributed by atoms with Crippen LogP contribution in [0.4, 0.5) is 0 Å². The summed E-state index contributed by atoms with van der Waals surface area (Å²) >= 11 is 3.07. The third kappa shape index (κ3) is 3.67. The quantitative estimate of drug-likeness (QED) is 0.904. The van der Waals surface area contributed by atoms with Gasteiger partial charge in [-0.3, -0.25) is 9.59 Å². The lowest BCUT2D eigenvalue weighted by Gasteiger charge is -2.30. The molecule has 1 aliphatic heterocycles. The van der Waals surface area contributed by atoms with Crippen molar-refractivity contribution in [3.05, 3.63) is 26.6 Å². The fraction of sp³-hybridized carbons (Fsp3) is 0.588. The zero-order valence-electron chi connectivity index (χ0n) is 14.3. The smallest absolute Gasteiger partial charge is 0.259 e. The van der Waals surface area contributed by atoms with Crippen LogP contribution in [0.3, 0.4) is 0 Å². The van der Waals surface area contributed by atoms with E-state index in [1.54, 1.807) is 11.3 Å². The molecule has 0 radical (unpaired) electrons. The lowest BCUT2D eigenvalue weighted by molar-refractivity contribution is -0.130. The molecule has 7 heteroatoms. The van der Waals surface area contributed by atoms with Crippen molar-refractivity contribution in [2.24, 2.45) is 5.92 Å². The molecule has 0 aliphatic carbocycles. The molecule has 0 saturated carbocycles. The molecule has 1 amide bonds. The summed E-state index contributed by atoms with van der Waals surface area (Å²) in [6, 6.07) is 0. The maximum absolute atomic E-state index is 12.3. The van der Waals surface area contributed by atoms with E-state index in [-0.39, 0.29) is 11.5 Å². The Balaban J connectivity index is 1.62. The molecule has 3 rings (SSSR count). The van der Waals surface area contributed by atoms with Crippen LogP contribution in [0.1, 0.15) is 36.0 Å². The lowest BCUT2D eigenvalue weighted by atomic mass is 10.0. The number of hydrogen-bond donors (Lipinski definition) is 1. The summed E-state index contributed by atoms with van der Waals surface area (Å²) < 4.78 is 0. The standard InChI is InChI=1S/C17H23N3O2S2/c1-10-5-4-6-20(7-10)14(21)9-23-8-13-18-16(22)15-11(2)12(3)24-17(15)19-13/h10H,4-9H2,1-3H3,(H,18,19,22)/t10-/m1/s1. The minimum Gasteiger partial charge on any atom is -0.342 e. The SMILES string of the molecule is Cc1sc2nc(CSCC(=O)N3CCC[C@@H](C)C3)[nH]c(=O)c2c1C. The maximum atomic E-state index is 12.3. The summed E-state index contributed by atoms with van der Waals surface area (Å²) in [4.78, 5) is 35.8. The van der Waals surface area contributed by atoms with Gasteiger partial charge in [-0.1, -0.05) is 6.92 Å². The summed E-state index contributed by atoms with van der Waals surface area (Å²) in [6.07, 6.45) is 2.31. The number of thioether (sulfide) groups is 1. The van der Waals surface area contributed by atoms with E-state index in [0.717, 1.165) is 34.8 Å². The van der Waals surface area contributed by atoms with Gasteiger partial charge in [0.25, 0.3) is 5.56 Å². The van der Waals surface area contributed by atoms with Gasteiger partial charge >= 0.3 is 0 Å². The highest BCUT2D eigenvalue weighted by Gasteiger charge is 2.20. The first-order valence-corrected chi connectivity index (χ1v) is 10.3. The van der Waals surface area contributed by atoms with Crippen molar-refractivity contribution in [3.63, 3.8) is 0 Å². The Bertz CT molecular complexity index is 812. The molecule has 24 heavy (non-hydrogen) atoms. The van der Waals surface area contributed by atoms with Crippen molar-refractivity contribution >= 4 is 39.2 Å².